The minimum absolute atomic E-state index is 0.0900. The summed E-state index contributed by atoms with van der Waals surface area (Å²) in [4.78, 5) is 14.0. The van der Waals surface area contributed by atoms with E-state index in [2.05, 4.69) is 6.92 Å². The molecule has 1 rings (SSSR count). The number of hydrogen-bond acceptors (Lipinski definition) is 3. The molecule has 4 nitrogen and oxygen atoms in total. The van der Waals surface area contributed by atoms with Gasteiger partial charge in [0.2, 0.25) is 5.91 Å². The molecular weight excluding hydrogens is 250 g/mol. The van der Waals surface area contributed by atoms with Gasteiger partial charge in [-0.05, 0) is 18.8 Å². The highest BCUT2D eigenvalue weighted by Crippen LogP contribution is 2.20. The van der Waals surface area contributed by atoms with Gasteiger partial charge in [-0.3, -0.25) is 4.79 Å². The third kappa shape index (κ3) is 4.59. The summed E-state index contributed by atoms with van der Waals surface area (Å²) in [6.45, 7) is 6.81. The topological polar surface area (TPSA) is 54.5 Å². The second kappa shape index (κ2) is 6.55. The van der Waals surface area contributed by atoms with E-state index in [-0.39, 0.29) is 23.5 Å². The van der Waals surface area contributed by atoms with Gasteiger partial charge < -0.3 is 4.90 Å². The molecule has 0 radical (unpaired) electrons. The van der Waals surface area contributed by atoms with Crippen LogP contribution in [0.3, 0.4) is 0 Å². The Balaban J connectivity index is 2.69. The Morgan fingerprint density at radius 1 is 1.39 bits per heavy atom. The van der Waals surface area contributed by atoms with E-state index in [1.54, 1.807) is 0 Å². The van der Waals surface area contributed by atoms with Crippen LogP contribution < -0.4 is 0 Å². The van der Waals surface area contributed by atoms with Gasteiger partial charge in [-0.15, -0.1) is 0 Å². The first-order chi connectivity index (χ1) is 8.35. The fraction of sp³-hybridized carbons (Fsp3) is 0.923. The molecule has 0 aromatic carbocycles. The molecule has 0 saturated carbocycles. The maximum atomic E-state index is 12.2. The monoisotopic (exact) mass is 275 g/mol. The number of nitrogens with zero attached hydrogens (tertiary/aromatic N) is 1. The van der Waals surface area contributed by atoms with Crippen molar-refractivity contribution >= 4 is 15.7 Å². The van der Waals surface area contributed by atoms with Gasteiger partial charge in [0.25, 0.3) is 0 Å². The molecule has 1 heterocycles. The van der Waals surface area contributed by atoms with Crippen LogP contribution in [0.15, 0.2) is 0 Å². The molecule has 1 fully saturated rings. The number of amides is 1. The molecule has 1 amide bonds. The Labute approximate surface area is 111 Å². The van der Waals surface area contributed by atoms with Crippen molar-refractivity contribution in [2.24, 2.45) is 5.92 Å². The van der Waals surface area contributed by atoms with Gasteiger partial charge >= 0.3 is 0 Å². The number of carbonyl (C=O) groups excluding carboxylic acids is 1. The van der Waals surface area contributed by atoms with Gasteiger partial charge in [-0.1, -0.05) is 27.2 Å². The van der Waals surface area contributed by atoms with E-state index in [0.717, 1.165) is 12.8 Å². The van der Waals surface area contributed by atoms with Crippen molar-refractivity contribution in [3.8, 4) is 0 Å². The van der Waals surface area contributed by atoms with Gasteiger partial charge in [0.05, 0.1) is 11.5 Å². The van der Waals surface area contributed by atoms with Crippen molar-refractivity contribution in [2.45, 2.75) is 52.5 Å². The average Bonchev–Trinajstić information content (AvgIpc) is 2.58. The van der Waals surface area contributed by atoms with E-state index in [4.69, 9.17) is 0 Å². The summed E-state index contributed by atoms with van der Waals surface area (Å²) in [7, 11) is -2.92. The Kier molecular flexibility index (Phi) is 5.63. The molecule has 1 saturated heterocycles. The lowest BCUT2D eigenvalue weighted by Crippen LogP contribution is -2.42. The number of hydrogen-bond donors (Lipinski definition) is 0. The number of rotatable bonds is 6. The minimum atomic E-state index is -2.92. The van der Waals surface area contributed by atoms with Gasteiger partial charge in [-0.25, -0.2) is 8.42 Å². The van der Waals surface area contributed by atoms with Crippen molar-refractivity contribution < 1.29 is 13.2 Å². The first-order valence-corrected chi connectivity index (χ1v) is 8.67. The molecule has 0 spiro atoms. The molecule has 1 aliphatic heterocycles. The molecular formula is C13H25NO3S. The largest absolute Gasteiger partial charge is 0.339 e. The van der Waals surface area contributed by atoms with Crippen LogP contribution in [0.2, 0.25) is 0 Å². The standard InChI is InChI=1S/C13H25NO3S/c1-4-5-7-14(13(15)9-11(2)3)12-6-8-18(16,17)10-12/h11-12H,4-10H2,1-3H3. The van der Waals surface area contributed by atoms with E-state index in [0.29, 0.717) is 25.3 Å². The van der Waals surface area contributed by atoms with Crippen LogP contribution in [0.25, 0.3) is 0 Å². The lowest BCUT2D eigenvalue weighted by Gasteiger charge is -2.29. The van der Waals surface area contributed by atoms with Crippen LogP contribution in [0.4, 0.5) is 0 Å². The smallest absolute Gasteiger partial charge is 0.223 e. The van der Waals surface area contributed by atoms with Crippen LogP contribution in [0, 0.1) is 5.92 Å². The fourth-order valence-electron chi connectivity index (χ4n) is 2.33. The highest BCUT2D eigenvalue weighted by atomic mass is 32.2. The number of sulfone groups is 1. The van der Waals surface area contributed by atoms with Crippen molar-refractivity contribution in [1.29, 1.82) is 0 Å². The molecule has 1 aliphatic rings. The third-order valence-corrected chi connectivity index (χ3v) is 5.06. The minimum Gasteiger partial charge on any atom is -0.339 e. The van der Waals surface area contributed by atoms with Crippen LogP contribution in [0.1, 0.15) is 46.5 Å². The summed E-state index contributed by atoms with van der Waals surface area (Å²) in [5, 5.41) is 0. The average molecular weight is 275 g/mol. The lowest BCUT2D eigenvalue weighted by atomic mass is 10.1. The van der Waals surface area contributed by atoms with Crippen molar-refractivity contribution in [3.05, 3.63) is 0 Å². The predicted octanol–water partition coefficient (Wildman–Crippen LogP) is 1.85. The normalized spacial score (nSPS) is 22.3. The summed E-state index contributed by atoms with van der Waals surface area (Å²) < 4.78 is 23.1. The second-order valence-electron chi connectivity index (χ2n) is 5.60. The van der Waals surface area contributed by atoms with Crippen molar-refractivity contribution in [2.75, 3.05) is 18.1 Å². The van der Waals surface area contributed by atoms with E-state index < -0.39 is 9.84 Å². The van der Waals surface area contributed by atoms with Crippen LogP contribution in [-0.4, -0.2) is 43.3 Å². The summed E-state index contributed by atoms with van der Waals surface area (Å²) in [6, 6.07) is -0.0900. The molecule has 18 heavy (non-hydrogen) atoms. The first kappa shape index (κ1) is 15.5. The summed E-state index contributed by atoms with van der Waals surface area (Å²) in [5.41, 5.74) is 0. The Morgan fingerprint density at radius 3 is 2.50 bits per heavy atom. The van der Waals surface area contributed by atoms with E-state index in [1.165, 1.54) is 0 Å². The third-order valence-electron chi connectivity index (χ3n) is 3.30. The zero-order valence-corrected chi connectivity index (χ0v) is 12.5. The van der Waals surface area contributed by atoms with Crippen LogP contribution in [-0.2, 0) is 14.6 Å². The Bertz CT molecular complexity index is 376. The number of unbranched alkanes of at least 4 members (excludes halogenated alkanes) is 1. The van der Waals surface area contributed by atoms with Gasteiger partial charge in [-0.2, -0.15) is 0 Å². The molecule has 1 unspecified atom stereocenters. The summed E-state index contributed by atoms with van der Waals surface area (Å²) >= 11 is 0. The molecule has 0 aromatic rings. The highest BCUT2D eigenvalue weighted by Gasteiger charge is 2.34. The molecule has 106 valence electrons. The van der Waals surface area contributed by atoms with Crippen molar-refractivity contribution in [1.82, 2.24) is 4.90 Å². The lowest BCUT2D eigenvalue weighted by molar-refractivity contribution is -0.133. The Morgan fingerprint density at radius 2 is 2.06 bits per heavy atom. The molecule has 1 atom stereocenters. The van der Waals surface area contributed by atoms with Gasteiger partial charge in [0.15, 0.2) is 9.84 Å². The SMILES string of the molecule is CCCCN(C(=O)CC(C)C)C1CCS(=O)(=O)C1. The summed E-state index contributed by atoms with van der Waals surface area (Å²) in [6.07, 6.45) is 3.08. The van der Waals surface area contributed by atoms with Gasteiger partial charge in [0.1, 0.15) is 0 Å². The van der Waals surface area contributed by atoms with E-state index in [1.807, 2.05) is 18.7 Å². The quantitative estimate of drug-likeness (QED) is 0.743. The van der Waals surface area contributed by atoms with E-state index in [9.17, 15) is 13.2 Å². The highest BCUT2D eigenvalue weighted by molar-refractivity contribution is 7.91. The fourth-order valence-corrected chi connectivity index (χ4v) is 4.06. The molecule has 5 heteroatoms. The number of carbonyl (C=O) groups is 1. The van der Waals surface area contributed by atoms with Gasteiger partial charge in [0, 0.05) is 19.0 Å². The molecule has 0 aliphatic carbocycles. The first-order valence-electron chi connectivity index (χ1n) is 6.85. The predicted molar refractivity (Wildman–Crippen MR) is 73.1 cm³/mol. The molecule has 0 bridgehead atoms. The summed E-state index contributed by atoms with van der Waals surface area (Å²) in [5.74, 6) is 0.815. The maximum Gasteiger partial charge on any atom is 0.223 e. The zero-order valence-electron chi connectivity index (χ0n) is 11.7. The van der Waals surface area contributed by atoms with Crippen LogP contribution >= 0.6 is 0 Å². The van der Waals surface area contributed by atoms with Crippen molar-refractivity contribution in [3.63, 3.8) is 0 Å². The van der Waals surface area contributed by atoms with Crippen LogP contribution in [0.5, 0.6) is 0 Å². The zero-order chi connectivity index (χ0) is 13.8. The Hall–Kier alpha value is -0.580. The maximum absolute atomic E-state index is 12.2. The molecule has 0 N–H and O–H groups in total. The molecule has 0 aromatic heterocycles. The van der Waals surface area contributed by atoms with E-state index >= 15 is 0 Å². The second-order valence-corrected chi connectivity index (χ2v) is 7.82.